The largest absolute Gasteiger partial charge is 0.463 e. The second-order valence-corrected chi connectivity index (χ2v) is 8.77. The van der Waals surface area contributed by atoms with Crippen molar-refractivity contribution in [1.29, 1.82) is 0 Å². The highest BCUT2D eigenvalue weighted by atomic mass is 16.7. The highest BCUT2D eigenvalue weighted by molar-refractivity contribution is 5.92. The van der Waals surface area contributed by atoms with E-state index in [1.807, 2.05) is 0 Å². The molecule has 202 valence electrons. The third-order valence-electron chi connectivity index (χ3n) is 5.67. The first-order valence-corrected chi connectivity index (χ1v) is 12.3. The maximum Gasteiger partial charge on any atom is 0.302 e. The molecule has 0 aromatic heterocycles. The number of anilines is 1. The molecule has 0 spiro atoms. The van der Waals surface area contributed by atoms with E-state index in [9.17, 15) is 29.7 Å². The van der Waals surface area contributed by atoms with Crippen molar-refractivity contribution < 1.29 is 43.9 Å². The topological polar surface area (TPSA) is 164 Å². The Hall–Kier alpha value is -2.73. The van der Waals surface area contributed by atoms with Gasteiger partial charge in [-0.1, -0.05) is 32.3 Å². The molecule has 11 nitrogen and oxygen atoms in total. The molecule has 36 heavy (non-hydrogen) atoms. The SMILES string of the molecule is CCCCCCC(=O)NCCC(=O)Nc1cc(COC(C)=O)ccc1O[C@H]1C[C@@H](O)[C@@H](O)[C@@H](CO)O1. The summed E-state index contributed by atoms with van der Waals surface area (Å²) in [6, 6.07) is 4.78. The lowest BCUT2D eigenvalue weighted by molar-refractivity contribution is -0.229. The molecule has 0 radical (unpaired) electrons. The fourth-order valence-corrected chi connectivity index (χ4v) is 3.67. The molecule has 2 rings (SSSR count). The molecule has 1 aliphatic rings. The minimum absolute atomic E-state index is 0.00993. The lowest BCUT2D eigenvalue weighted by Gasteiger charge is -2.36. The van der Waals surface area contributed by atoms with E-state index >= 15 is 0 Å². The monoisotopic (exact) mass is 510 g/mol. The van der Waals surface area contributed by atoms with Crippen LogP contribution < -0.4 is 15.4 Å². The molecule has 1 aliphatic heterocycles. The summed E-state index contributed by atoms with van der Waals surface area (Å²) in [6.07, 6.45) is -0.0202. The number of carbonyl (C=O) groups is 3. The number of esters is 1. The predicted octanol–water partition coefficient (Wildman–Crippen LogP) is 1.37. The Balaban J connectivity index is 2.00. The Morgan fingerprint density at radius 1 is 1.11 bits per heavy atom. The van der Waals surface area contributed by atoms with E-state index in [1.54, 1.807) is 18.2 Å². The van der Waals surface area contributed by atoms with Gasteiger partial charge in [0.15, 0.2) is 0 Å². The molecule has 4 atom stereocenters. The number of unbranched alkanes of at least 4 members (excludes halogenated alkanes) is 3. The summed E-state index contributed by atoms with van der Waals surface area (Å²) in [4.78, 5) is 35.7. The third kappa shape index (κ3) is 10.1. The molecular formula is C25H38N2O9. The molecule has 0 aliphatic carbocycles. The van der Waals surface area contributed by atoms with E-state index in [1.165, 1.54) is 6.92 Å². The van der Waals surface area contributed by atoms with Gasteiger partial charge in [-0.15, -0.1) is 0 Å². The van der Waals surface area contributed by atoms with Crippen LogP contribution in [0.15, 0.2) is 18.2 Å². The Bertz CT molecular complexity index is 864. The van der Waals surface area contributed by atoms with Crippen LogP contribution in [0.2, 0.25) is 0 Å². The number of carbonyl (C=O) groups excluding carboxylic acids is 3. The third-order valence-corrected chi connectivity index (χ3v) is 5.67. The van der Waals surface area contributed by atoms with Crippen LogP contribution in [0.1, 0.15) is 64.4 Å². The van der Waals surface area contributed by atoms with Crippen molar-refractivity contribution in [1.82, 2.24) is 5.32 Å². The average Bonchev–Trinajstić information content (AvgIpc) is 2.84. The van der Waals surface area contributed by atoms with Crippen LogP contribution in [-0.2, 0) is 30.5 Å². The molecule has 5 N–H and O–H groups in total. The normalized spacial score (nSPS) is 21.5. The Morgan fingerprint density at radius 3 is 2.58 bits per heavy atom. The average molecular weight is 511 g/mol. The van der Waals surface area contributed by atoms with Crippen molar-refractivity contribution in [3.63, 3.8) is 0 Å². The number of amides is 2. The number of nitrogens with one attached hydrogen (secondary N) is 2. The number of aliphatic hydroxyl groups excluding tert-OH is 3. The van der Waals surface area contributed by atoms with Gasteiger partial charge in [0.1, 0.15) is 24.6 Å². The molecule has 11 heteroatoms. The number of rotatable bonds is 14. The molecule has 0 saturated carbocycles. The second kappa shape index (κ2) is 15.4. The van der Waals surface area contributed by atoms with Gasteiger partial charge in [-0.2, -0.15) is 0 Å². The lowest BCUT2D eigenvalue weighted by Crippen LogP contribution is -2.51. The number of hydrogen-bond donors (Lipinski definition) is 5. The van der Waals surface area contributed by atoms with E-state index in [0.717, 1.165) is 25.7 Å². The van der Waals surface area contributed by atoms with Gasteiger partial charge in [0, 0.05) is 32.7 Å². The first kappa shape index (κ1) is 29.5. The second-order valence-electron chi connectivity index (χ2n) is 8.77. The Morgan fingerprint density at radius 2 is 1.89 bits per heavy atom. The van der Waals surface area contributed by atoms with E-state index in [2.05, 4.69) is 17.6 Å². The Labute approximate surface area is 211 Å². The maximum absolute atomic E-state index is 12.6. The van der Waals surface area contributed by atoms with Crippen LogP contribution >= 0.6 is 0 Å². The first-order chi connectivity index (χ1) is 17.2. The van der Waals surface area contributed by atoms with E-state index in [0.29, 0.717) is 12.0 Å². The standard InChI is InChI=1S/C25H38N2O9/c1-3-4-5-6-7-22(31)26-11-10-23(32)27-18-12-17(15-34-16(2)29)8-9-20(18)35-24-13-19(30)25(33)21(14-28)36-24/h8-9,12,19,21,24-25,28,30,33H,3-7,10-11,13-15H2,1-2H3,(H,26,31)(H,27,32)/t19-,21-,24-,25-/m1/s1. The van der Waals surface area contributed by atoms with Gasteiger partial charge in [0.05, 0.1) is 18.4 Å². The zero-order chi connectivity index (χ0) is 26.5. The van der Waals surface area contributed by atoms with Crippen LogP contribution in [0.3, 0.4) is 0 Å². The molecule has 1 aromatic carbocycles. The van der Waals surface area contributed by atoms with Gasteiger partial charge in [-0.05, 0) is 24.1 Å². The Kier molecular flexibility index (Phi) is 12.6. The minimum Gasteiger partial charge on any atom is -0.463 e. The molecule has 0 bridgehead atoms. The quantitative estimate of drug-likeness (QED) is 0.184. The molecular weight excluding hydrogens is 472 g/mol. The molecule has 1 heterocycles. The molecule has 1 fully saturated rings. The number of hydrogen-bond acceptors (Lipinski definition) is 9. The number of ether oxygens (including phenoxy) is 3. The van der Waals surface area contributed by atoms with Crippen LogP contribution in [0.25, 0.3) is 0 Å². The maximum atomic E-state index is 12.6. The molecule has 0 unspecified atom stereocenters. The van der Waals surface area contributed by atoms with Crippen LogP contribution in [-0.4, -0.2) is 70.9 Å². The van der Waals surface area contributed by atoms with Gasteiger partial charge in [0.2, 0.25) is 18.1 Å². The van der Waals surface area contributed by atoms with Gasteiger partial charge >= 0.3 is 5.97 Å². The highest BCUT2D eigenvalue weighted by Crippen LogP contribution is 2.30. The molecule has 1 saturated heterocycles. The first-order valence-electron chi connectivity index (χ1n) is 12.3. The lowest BCUT2D eigenvalue weighted by atomic mass is 10.0. The van der Waals surface area contributed by atoms with Gasteiger partial charge < -0.3 is 40.2 Å². The van der Waals surface area contributed by atoms with Crippen molar-refractivity contribution in [2.24, 2.45) is 0 Å². The van der Waals surface area contributed by atoms with Crippen molar-refractivity contribution >= 4 is 23.5 Å². The summed E-state index contributed by atoms with van der Waals surface area (Å²) >= 11 is 0. The summed E-state index contributed by atoms with van der Waals surface area (Å²) < 4.78 is 16.4. The highest BCUT2D eigenvalue weighted by Gasteiger charge is 2.37. The predicted molar refractivity (Wildman–Crippen MR) is 130 cm³/mol. The van der Waals surface area contributed by atoms with Gasteiger partial charge in [0.25, 0.3) is 0 Å². The minimum atomic E-state index is -1.25. The van der Waals surface area contributed by atoms with Crippen molar-refractivity contribution in [3.8, 4) is 5.75 Å². The molecule has 1 aromatic rings. The molecule has 2 amide bonds. The van der Waals surface area contributed by atoms with Crippen LogP contribution in [0.4, 0.5) is 5.69 Å². The van der Waals surface area contributed by atoms with E-state index in [-0.39, 0.29) is 49.2 Å². The van der Waals surface area contributed by atoms with Crippen LogP contribution in [0.5, 0.6) is 5.75 Å². The summed E-state index contributed by atoms with van der Waals surface area (Å²) in [5.41, 5.74) is 0.877. The summed E-state index contributed by atoms with van der Waals surface area (Å²) in [5.74, 6) is -0.700. The zero-order valence-corrected chi connectivity index (χ0v) is 20.9. The van der Waals surface area contributed by atoms with Gasteiger partial charge in [-0.3, -0.25) is 14.4 Å². The smallest absolute Gasteiger partial charge is 0.302 e. The zero-order valence-electron chi connectivity index (χ0n) is 20.9. The summed E-state index contributed by atoms with van der Waals surface area (Å²) in [7, 11) is 0. The van der Waals surface area contributed by atoms with Crippen LogP contribution in [0, 0.1) is 0 Å². The summed E-state index contributed by atoms with van der Waals surface area (Å²) in [5, 5.41) is 34.8. The summed E-state index contributed by atoms with van der Waals surface area (Å²) in [6.45, 7) is 3.05. The number of benzene rings is 1. The number of aliphatic hydroxyl groups is 3. The van der Waals surface area contributed by atoms with E-state index in [4.69, 9.17) is 14.2 Å². The fraction of sp³-hybridized carbons (Fsp3) is 0.640. The van der Waals surface area contributed by atoms with Crippen molar-refractivity contribution in [2.75, 3.05) is 18.5 Å². The van der Waals surface area contributed by atoms with E-state index < -0.39 is 37.2 Å². The van der Waals surface area contributed by atoms with Crippen molar-refractivity contribution in [3.05, 3.63) is 23.8 Å². The van der Waals surface area contributed by atoms with Gasteiger partial charge in [-0.25, -0.2) is 0 Å². The van der Waals surface area contributed by atoms with Crippen molar-refractivity contribution in [2.45, 2.75) is 90.0 Å². The fourth-order valence-electron chi connectivity index (χ4n) is 3.67.